The molecule has 14 heavy (non-hydrogen) atoms. The highest BCUT2D eigenvalue weighted by molar-refractivity contribution is 5.91. The van der Waals surface area contributed by atoms with Gasteiger partial charge >= 0.3 is 0 Å². The van der Waals surface area contributed by atoms with Gasteiger partial charge in [0.2, 0.25) is 5.91 Å². The maximum Gasteiger partial charge on any atom is 0.246 e. The molecule has 0 radical (unpaired) electrons. The minimum Gasteiger partial charge on any atom is -0.395 e. The first-order valence-corrected chi connectivity index (χ1v) is 4.93. The summed E-state index contributed by atoms with van der Waals surface area (Å²) in [6.07, 6.45) is 1.94. The molecule has 1 amide bonds. The van der Waals surface area contributed by atoms with E-state index in [-0.39, 0.29) is 12.5 Å². The molecule has 4 nitrogen and oxygen atoms in total. The van der Waals surface area contributed by atoms with Gasteiger partial charge in [-0.2, -0.15) is 0 Å². The summed E-state index contributed by atoms with van der Waals surface area (Å²) in [6, 6.07) is 0. The van der Waals surface area contributed by atoms with Crippen molar-refractivity contribution in [2.24, 2.45) is 0 Å². The quantitative estimate of drug-likeness (QED) is 0.383. The Labute approximate surface area is 85.4 Å². The monoisotopic (exact) mass is 200 g/mol. The third-order valence-electron chi connectivity index (χ3n) is 1.74. The molecule has 0 aliphatic heterocycles. The van der Waals surface area contributed by atoms with Crippen molar-refractivity contribution in [1.29, 1.82) is 0 Å². The lowest BCUT2D eigenvalue weighted by Gasteiger charge is -2.04. The van der Waals surface area contributed by atoms with Gasteiger partial charge in [-0.3, -0.25) is 4.79 Å². The standard InChI is InChI=1S/C10H20N2O2/c1-9(2)10(14)12-6-4-3-5-11-7-8-13/h11,13H,1,3-8H2,2H3,(H,12,14). The largest absolute Gasteiger partial charge is 0.395 e. The predicted molar refractivity (Wildman–Crippen MR) is 57.0 cm³/mol. The highest BCUT2D eigenvalue weighted by Crippen LogP contribution is 1.88. The second-order valence-electron chi connectivity index (χ2n) is 3.22. The van der Waals surface area contributed by atoms with Crippen LogP contribution in [0.5, 0.6) is 0 Å². The molecule has 0 spiro atoms. The molecule has 0 saturated carbocycles. The smallest absolute Gasteiger partial charge is 0.246 e. The summed E-state index contributed by atoms with van der Waals surface area (Å²) in [7, 11) is 0. The number of aliphatic hydroxyl groups excluding tert-OH is 1. The van der Waals surface area contributed by atoms with Crippen molar-refractivity contribution >= 4 is 5.91 Å². The van der Waals surface area contributed by atoms with Crippen LogP contribution in [0.15, 0.2) is 12.2 Å². The van der Waals surface area contributed by atoms with Crippen LogP contribution in [0.25, 0.3) is 0 Å². The van der Waals surface area contributed by atoms with E-state index < -0.39 is 0 Å². The molecule has 0 aliphatic rings. The fraction of sp³-hybridized carbons (Fsp3) is 0.700. The van der Waals surface area contributed by atoms with Crippen molar-refractivity contribution in [3.8, 4) is 0 Å². The third kappa shape index (κ3) is 7.76. The lowest BCUT2D eigenvalue weighted by Crippen LogP contribution is -2.26. The van der Waals surface area contributed by atoms with E-state index in [1.165, 1.54) is 0 Å². The van der Waals surface area contributed by atoms with Crippen LogP contribution in [0, 0.1) is 0 Å². The molecule has 0 aliphatic carbocycles. The van der Waals surface area contributed by atoms with Crippen molar-refractivity contribution in [3.05, 3.63) is 12.2 Å². The van der Waals surface area contributed by atoms with Crippen molar-refractivity contribution in [3.63, 3.8) is 0 Å². The Hall–Kier alpha value is -0.870. The average molecular weight is 200 g/mol. The summed E-state index contributed by atoms with van der Waals surface area (Å²) in [4.78, 5) is 11.0. The zero-order valence-corrected chi connectivity index (χ0v) is 8.81. The van der Waals surface area contributed by atoms with Crippen LogP contribution in [0.1, 0.15) is 19.8 Å². The summed E-state index contributed by atoms with van der Waals surface area (Å²) < 4.78 is 0. The Kier molecular flexibility index (Phi) is 8.17. The van der Waals surface area contributed by atoms with Gasteiger partial charge in [0, 0.05) is 18.7 Å². The van der Waals surface area contributed by atoms with Crippen molar-refractivity contribution < 1.29 is 9.90 Å². The summed E-state index contributed by atoms with van der Waals surface area (Å²) in [5, 5.41) is 14.3. The van der Waals surface area contributed by atoms with Crippen LogP contribution < -0.4 is 10.6 Å². The Morgan fingerprint density at radius 1 is 1.29 bits per heavy atom. The number of carbonyl (C=O) groups is 1. The molecular weight excluding hydrogens is 180 g/mol. The van der Waals surface area contributed by atoms with E-state index >= 15 is 0 Å². The number of rotatable bonds is 8. The molecule has 3 N–H and O–H groups in total. The minimum absolute atomic E-state index is 0.0756. The maximum atomic E-state index is 11.0. The number of aliphatic hydroxyl groups is 1. The van der Waals surface area contributed by atoms with E-state index in [0.717, 1.165) is 19.4 Å². The van der Waals surface area contributed by atoms with Crippen molar-refractivity contribution in [2.75, 3.05) is 26.2 Å². The van der Waals surface area contributed by atoms with Crippen LogP contribution in [-0.2, 0) is 4.79 Å². The molecule has 0 bridgehead atoms. The van der Waals surface area contributed by atoms with E-state index in [4.69, 9.17) is 5.11 Å². The maximum absolute atomic E-state index is 11.0. The van der Waals surface area contributed by atoms with E-state index in [1.54, 1.807) is 6.92 Å². The predicted octanol–water partition coefficient (Wildman–Crippen LogP) is 0.0408. The number of hydrogen-bond donors (Lipinski definition) is 3. The first-order chi connectivity index (χ1) is 6.68. The molecule has 0 aromatic heterocycles. The van der Waals surface area contributed by atoms with Crippen molar-refractivity contribution in [2.45, 2.75) is 19.8 Å². The molecule has 0 rings (SSSR count). The molecule has 82 valence electrons. The zero-order chi connectivity index (χ0) is 10.8. The van der Waals surface area contributed by atoms with E-state index in [1.807, 2.05) is 0 Å². The van der Waals surface area contributed by atoms with Gasteiger partial charge in [0.05, 0.1) is 6.61 Å². The Morgan fingerprint density at radius 3 is 2.50 bits per heavy atom. The topological polar surface area (TPSA) is 61.4 Å². The number of hydrogen-bond acceptors (Lipinski definition) is 3. The van der Waals surface area contributed by atoms with Gasteiger partial charge in [-0.05, 0) is 26.3 Å². The lowest BCUT2D eigenvalue weighted by molar-refractivity contribution is -0.117. The van der Waals surface area contributed by atoms with E-state index in [2.05, 4.69) is 17.2 Å². The van der Waals surface area contributed by atoms with Gasteiger partial charge in [-0.25, -0.2) is 0 Å². The summed E-state index contributed by atoms with van der Waals surface area (Å²) in [5.74, 6) is -0.0756. The van der Waals surface area contributed by atoms with E-state index in [9.17, 15) is 4.79 Å². The molecule has 0 aromatic carbocycles. The lowest BCUT2D eigenvalue weighted by atomic mass is 10.3. The van der Waals surface area contributed by atoms with Crippen LogP contribution >= 0.6 is 0 Å². The van der Waals surface area contributed by atoms with E-state index in [0.29, 0.717) is 18.7 Å². The minimum atomic E-state index is -0.0756. The normalized spacial score (nSPS) is 9.86. The fourth-order valence-corrected chi connectivity index (χ4v) is 0.932. The molecule has 0 heterocycles. The van der Waals surface area contributed by atoms with Gasteiger partial charge in [0.1, 0.15) is 0 Å². The van der Waals surface area contributed by atoms with Gasteiger partial charge in [-0.15, -0.1) is 0 Å². The van der Waals surface area contributed by atoms with Crippen LogP contribution in [0.3, 0.4) is 0 Å². The first kappa shape index (κ1) is 13.1. The van der Waals surface area contributed by atoms with Gasteiger partial charge in [0.25, 0.3) is 0 Å². The zero-order valence-electron chi connectivity index (χ0n) is 8.81. The number of carbonyl (C=O) groups excluding carboxylic acids is 1. The molecule has 0 atom stereocenters. The number of unbranched alkanes of at least 4 members (excludes halogenated alkanes) is 1. The second-order valence-corrected chi connectivity index (χ2v) is 3.22. The molecule has 4 heteroatoms. The Balaban J connectivity index is 3.13. The molecule has 0 fully saturated rings. The van der Waals surface area contributed by atoms with Crippen LogP contribution in [0.2, 0.25) is 0 Å². The average Bonchev–Trinajstić information content (AvgIpc) is 2.16. The molecule has 0 saturated heterocycles. The summed E-state index contributed by atoms with van der Waals surface area (Å²) >= 11 is 0. The SMILES string of the molecule is C=C(C)C(=O)NCCCCNCCO. The van der Waals surface area contributed by atoms with Gasteiger partial charge in [0.15, 0.2) is 0 Å². The second kappa shape index (κ2) is 8.72. The summed E-state index contributed by atoms with van der Waals surface area (Å²) in [5.41, 5.74) is 0.545. The Morgan fingerprint density at radius 2 is 1.93 bits per heavy atom. The number of amides is 1. The molecule has 0 aromatic rings. The Bertz CT molecular complexity index is 181. The molecular formula is C10H20N2O2. The third-order valence-corrected chi connectivity index (χ3v) is 1.74. The first-order valence-electron chi connectivity index (χ1n) is 4.93. The highest BCUT2D eigenvalue weighted by Gasteiger charge is 1.98. The summed E-state index contributed by atoms with van der Waals surface area (Å²) in [6.45, 7) is 7.61. The van der Waals surface area contributed by atoms with Gasteiger partial charge in [-0.1, -0.05) is 6.58 Å². The van der Waals surface area contributed by atoms with Crippen molar-refractivity contribution in [1.82, 2.24) is 10.6 Å². The number of nitrogens with one attached hydrogen (secondary N) is 2. The van der Waals surface area contributed by atoms with Gasteiger partial charge < -0.3 is 15.7 Å². The fourth-order valence-electron chi connectivity index (χ4n) is 0.932. The van der Waals surface area contributed by atoms with Crippen LogP contribution in [0.4, 0.5) is 0 Å². The van der Waals surface area contributed by atoms with Crippen LogP contribution in [-0.4, -0.2) is 37.3 Å². The highest BCUT2D eigenvalue weighted by atomic mass is 16.3. The molecule has 0 unspecified atom stereocenters.